The molecule has 1 saturated heterocycles. The molecule has 0 aliphatic carbocycles. The van der Waals surface area contributed by atoms with Crippen molar-refractivity contribution in [1.29, 1.82) is 0 Å². The zero-order valence-electron chi connectivity index (χ0n) is 11.9. The van der Waals surface area contributed by atoms with E-state index in [2.05, 4.69) is 10.3 Å². The van der Waals surface area contributed by atoms with Crippen molar-refractivity contribution in [3.05, 3.63) is 24.0 Å². The molecule has 7 heteroatoms. The molecule has 2 rings (SSSR count). The molecule has 0 spiro atoms. The zero-order valence-corrected chi connectivity index (χ0v) is 11.9. The standard InChI is InChI=1S/C14H19N3O4/c1-2-4-16-13(18)12-9-21-7-6-17(12)10-3-5-15-11(8-10)14(19)20/h3,5,8,12H,2,4,6-7,9H2,1H3,(H,16,18)(H,19,20). The van der Waals surface area contributed by atoms with Crippen molar-refractivity contribution in [2.24, 2.45) is 0 Å². The quantitative estimate of drug-likeness (QED) is 0.822. The van der Waals surface area contributed by atoms with Gasteiger partial charge in [0.05, 0.1) is 13.2 Å². The second-order valence-electron chi connectivity index (χ2n) is 4.78. The maximum absolute atomic E-state index is 12.2. The molecule has 1 aromatic rings. The molecule has 0 bridgehead atoms. The number of carbonyl (C=O) groups excluding carboxylic acids is 1. The number of morpholine rings is 1. The topological polar surface area (TPSA) is 91.8 Å². The highest BCUT2D eigenvalue weighted by Gasteiger charge is 2.29. The van der Waals surface area contributed by atoms with Crippen LogP contribution in [0.25, 0.3) is 0 Å². The maximum atomic E-state index is 12.2. The Balaban J connectivity index is 2.20. The van der Waals surface area contributed by atoms with Crippen molar-refractivity contribution < 1.29 is 19.4 Å². The van der Waals surface area contributed by atoms with Gasteiger partial charge in [0, 0.05) is 25.0 Å². The number of carboxylic acid groups (broad SMARTS) is 1. The van der Waals surface area contributed by atoms with Gasteiger partial charge in [-0.3, -0.25) is 4.79 Å². The van der Waals surface area contributed by atoms with Crippen LogP contribution in [-0.4, -0.2) is 54.3 Å². The number of hydrogen-bond donors (Lipinski definition) is 2. The molecule has 2 heterocycles. The van der Waals surface area contributed by atoms with Crippen molar-refractivity contribution in [3.63, 3.8) is 0 Å². The predicted octanol–water partition coefficient (Wildman–Crippen LogP) is 0.511. The summed E-state index contributed by atoms with van der Waals surface area (Å²) in [5, 5.41) is 11.9. The SMILES string of the molecule is CCCNC(=O)C1COCCN1c1ccnc(C(=O)O)c1. The minimum absolute atomic E-state index is 0.0355. The molecule has 114 valence electrons. The van der Waals surface area contributed by atoms with Crippen LogP contribution in [0.15, 0.2) is 18.3 Å². The van der Waals surface area contributed by atoms with Gasteiger partial charge in [0.25, 0.3) is 0 Å². The molecule has 0 aromatic carbocycles. The lowest BCUT2D eigenvalue weighted by molar-refractivity contribution is -0.124. The lowest BCUT2D eigenvalue weighted by Gasteiger charge is -2.36. The summed E-state index contributed by atoms with van der Waals surface area (Å²) in [4.78, 5) is 28.9. The molecule has 1 aliphatic heterocycles. The summed E-state index contributed by atoms with van der Waals surface area (Å²) in [7, 11) is 0. The summed E-state index contributed by atoms with van der Waals surface area (Å²) in [6.45, 7) is 3.92. The minimum atomic E-state index is -1.09. The molecule has 1 aliphatic rings. The van der Waals surface area contributed by atoms with Gasteiger partial charge < -0.3 is 20.1 Å². The van der Waals surface area contributed by atoms with Crippen LogP contribution < -0.4 is 10.2 Å². The minimum Gasteiger partial charge on any atom is -0.477 e. The summed E-state index contributed by atoms with van der Waals surface area (Å²) in [5.41, 5.74) is 0.633. The summed E-state index contributed by atoms with van der Waals surface area (Å²) >= 11 is 0. The van der Waals surface area contributed by atoms with Gasteiger partial charge in [-0.1, -0.05) is 6.92 Å². The predicted molar refractivity (Wildman–Crippen MR) is 76.5 cm³/mol. The third-order valence-corrected chi connectivity index (χ3v) is 3.27. The number of nitrogens with one attached hydrogen (secondary N) is 1. The molecular weight excluding hydrogens is 274 g/mol. The Morgan fingerprint density at radius 2 is 2.38 bits per heavy atom. The van der Waals surface area contributed by atoms with Gasteiger partial charge in [0.15, 0.2) is 0 Å². The number of aromatic nitrogens is 1. The molecule has 21 heavy (non-hydrogen) atoms. The molecule has 1 amide bonds. The lowest BCUT2D eigenvalue weighted by Crippen LogP contribution is -2.54. The van der Waals surface area contributed by atoms with Crippen LogP contribution in [0.5, 0.6) is 0 Å². The molecule has 1 aromatic heterocycles. The van der Waals surface area contributed by atoms with Gasteiger partial charge >= 0.3 is 5.97 Å². The molecule has 0 radical (unpaired) electrons. The molecule has 0 saturated carbocycles. The van der Waals surface area contributed by atoms with E-state index < -0.39 is 12.0 Å². The highest BCUT2D eigenvalue weighted by molar-refractivity contribution is 5.88. The number of amides is 1. The van der Waals surface area contributed by atoms with E-state index in [0.29, 0.717) is 32.0 Å². The van der Waals surface area contributed by atoms with E-state index in [1.54, 1.807) is 6.07 Å². The average Bonchev–Trinajstić information content (AvgIpc) is 2.52. The van der Waals surface area contributed by atoms with Gasteiger partial charge in [0.1, 0.15) is 11.7 Å². The first-order valence-electron chi connectivity index (χ1n) is 6.95. The molecule has 2 N–H and O–H groups in total. The molecule has 1 fully saturated rings. The van der Waals surface area contributed by atoms with Gasteiger partial charge in [-0.05, 0) is 18.6 Å². The third-order valence-electron chi connectivity index (χ3n) is 3.27. The summed E-state index contributed by atoms with van der Waals surface area (Å²) in [5.74, 6) is -1.19. The van der Waals surface area contributed by atoms with Crippen molar-refractivity contribution in [1.82, 2.24) is 10.3 Å². The van der Waals surface area contributed by atoms with Crippen LogP contribution in [0.2, 0.25) is 0 Å². The maximum Gasteiger partial charge on any atom is 0.354 e. The van der Waals surface area contributed by atoms with Crippen molar-refractivity contribution in [2.75, 3.05) is 31.2 Å². The largest absolute Gasteiger partial charge is 0.477 e. The Morgan fingerprint density at radius 1 is 1.57 bits per heavy atom. The molecule has 1 unspecified atom stereocenters. The zero-order chi connectivity index (χ0) is 15.2. The molecule has 7 nitrogen and oxygen atoms in total. The number of nitrogens with zero attached hydrogens (tertiary/aromatic N) is 2. The van der Waals surface area contributed by atoms with Crippen LogP contribution in [0, 0.1) is 0 Å². The van der Waals surface area contributed by atoms with Gasteiger partial charge in [-0.2, -0.15) is 0 Å². The van der Waals surface area contributed by atoms with Crippen molar-refractivity contribution in [3.8, 4) is 0 Å². The fraction of sp³-hybridized carbons (Fsp3) is 0.500. The van der Waals surface area contributed by atoms with E-state index in [-0.39, 0.29) is 11.6 Å². The average molecular weight is 293 g/mol. The highest BCUT2D eigenvalue weighted by atomic mass is 16.5. The fourth-order valence-corrected chi connectivity index (χ4v) is 2.21. The Bertz CT molecular complexity index is 521. The number of ether oxygens (including phenoxy) is 1. The fourth-order valence-electron chi connectivity index (χ4n) is 2.21. The van der Waals surface area contributed by atoms with E-state index in [1.165, 1.54) is 12.3 Å². The highest BCUT2D eigenvalue weighted by Crippen LogP contribution is 2.20. The van der Waals surface area contributed by atoms with Gasteiger partial charge in [-0.25, -0.2) is 9.78 Å². The van der Waals surface area contributed by atoms with E-state index in [9.17, 15) is 9.59 Å². The van der Waals surface area contributed by atoms with E-state index in [0.717, 1.165) is 6.42 Å². The van der Waals surface area contributed by atoms with E-state index >= 15 is 0 Å². The number of carboxylic acids is 1. The number of pyridine rings is 1. The summed E-state index contributed by atoms with van der Waals surface area (Å²) < 4.78 is 5.38. The number of carbonyl (C=O) groups is 2. The number of hydrogen-bond acceptors (Lipinski definition) is 5. The van der Waals surface area contributed by atoms with Crippen LogP contribution in [0.4, 0.5) is 5.69 Å². The van der Waals surface area contributed by atoms with E-state index in [4.69, 9.17) is 9.84 Å². The number of aromatic carboxylic acids is 1. The number of rotatable bonds is 5. The van der Waals surface area contributed by atoms with Crippen LogP contribution in [0.1, 0.15) is 23.8 Å². The third kappa shape index (κ3) is 3.69. The van der Waals surface area contributed by atoms with Crippen LogP contribution in [0.3, 0.4) is 0 Å². The molecule has 1 atom stereocenters. The summed E-state index contributed by atoms with van der Waals surface area (Å²) in [6, 6.07) is 2.74. The Hall–Kier alpha value is -2.15. The second-order valence-corrected chi connectivity index (χ2v) is 4.78. The Morgan fingerprint density at radius 3 is 3.10 bits per heavy atom. The van der Waals surface area contributed by atoms with Gasteiger partial charge in [0.2, 0.25) is 5.91 Å². The first-order chi connectivity index (χ1) is 10.1. The number of anilines is 1. The molecular formula is C14H19N3O4. The summed E-state index contributed by atoms with van der Waals surface area (Å²) in [6.07, 6.45) is 2.30. The Kier molecular flexibility index (Phi) is 5.10. The smallest absolute Gasteiger partial charge is 0.354 e. The van der Waals surface area contributed by atoms with Crippen LogP contribution in [-0.2, 0) is 9.53 Å². The van der Waals surface area contributed by atoms with E-state index in [1.807, 2.05) is 11.8 Å². The first-order valence-corrected chi connectivity index (χ1v) is 6.95. The normalized spacial score (nSPS) is 18.3. The van der Waals surface area contributed by atoms with Crippen LogP contribution >= 0.6 is 0 Å². The van der Waals surface area contributed by atoms with Crippen molar-refractivity contribution in [2.45, 2.75) is 19.4 Å². The first kappa shape index (κ1) is 15.2. The lowest BCUT2D eigenvalue weighted by atomic mass is 10.1. The van der Waals surface area contributed by atoms with Gasteiger partial charge in [-0.15, -0.1) is 0 Å². The Labute approximate surface area is 122 Å². The second kappa shape index (κ2) is 7.03. The monoisotopic (exact) mass is 293 g/mol. The van der Waals surface area contributed by atoms with Crippen molar-refractivity contribution >= 4 is 17.6 Å².